The summed E-state index contributed by atoms with van der Waals surface area (Å²) in [7, 11) is -3.79. The third-order valence-electron chi connectivity index (χ3n) is 1.53. The molecule has 0 aromatic heterocycles. The van der Waals surface area contributed by atoms with Crippen molar-refractivity contribution in [1.29, 1.82) is 0 Å². The largest absolute Gasteiger partial charge is 0.280 e. The SMILES string of the molecule is O=C(Cl)CNS(=O)(=O)c1ccc(F)cc1. The lowest BCUT2D eigenvalue weighted by Gasteiger charge is -2.03. The Bertz CT molecular complexity index is 457. The van der Waals surface area contributed by atoms with Crippen LogP contribution >= 0.6 is 11.6 Å². The highest BCUT2D eigenvalue weighted by Crippen LogP contribution is 2.09. The van der Waals surface area contributed by atoms with Crippen LogP contribution in [0, 0.1) is 5.82 Å². The van der Waals surface area contributed by atoms with Crippen molar-refractivity contribution in [2.75, 3.05) is 6.54 Å². The van der Waals surface area contributed by atoms with Gasteiger partial charge in [0, 0.05) is 0 Å². The number of carbonyl (C=O) groups is 1. The van der Waals surface area contributed by atoms with E-state index >= 15 is 0 Å². The average Bonchev–Trinajstić information content (AvgIpc) is 2.16. The van der Waals surface area contributed by atoms with E-state index in [4.69, 9.17) is 11.6 Å². The molecule has 0 radical (unpaired) electrons. The first-order chi connectivity index (χ1) is 6.92. The highest BCUT2D eigenvalue weighted by molar-refractivity contribution is 7.89. The van der Waals surface area contributed by atoms with Gasteiger partial charge in [0.15, 0.2) is 0 Å². The van der Waals surface area contributed by atoms with Crippen molar-refractivity contribution >= 4 is 26.9 Å². The van der Waals surface area contributed by atoms with Crippen molar-refractivity contribution < 1.29 is 17.6 Å². The molecule has 0 heterocycles. The van der Waals surface area contributed by atoms with Gasteiger partial charge in [-0.25, -0.2) is 17.5 Å². The Morgan fingerprint density at radius 2 is 1.87 bits per heavy atom. The maximum Gasteiger partial charge on any atom is 0.241 e. The zero-order valence-electron chi connectivity index (χ0n) is 7.41. The molecular weight excluding hydrogens is 245 g/mol. The second-order valence-electron chi connectivity index (χ2n) is 2.63. The summed E-state index contributed by atoms with van der Waals surface area (Å²) in [5.74, 6) is -0.539. The molecule has 1 N–H and O–H groups in total. The number of halogens is 2. The molecule has 4 nitrogen and oxygen atoms in total. The third-order valence-corrected chi connectivity index (χ3v) is 3.08. The monoisotopic (exact) mass is 251 g/mol. The minimum absolute atomic E-state index is 0.123. The Morgan fingerprint density at radius 1 is 1.33 bits per heavy atom. The van der Waals surface area contributed by atoms with Gasteiger partial charge in [-0.05, 0) is 35.9 Å². The molecule has 82 valence electrons. The molecule has 0 unspecified atom stereocenters. The van der Waals surface area contributed by atoms with Gasteiger partial charge >= 0.3 is 0 Å². The van der Waals surface area contributed by atoms with Crippen LogP contribution in [0.3, 0.4) is 0 Å². The lowest BCUT2D eigenvalue weighted by Crippen LogP contribution is -2.27. The van der Waals surface area contributed by atoms with E-state index in [-0.39, 0.29) is 4.90 Å². The lowest BCUT2D eigenvalue weighted by molar-refractivity contribution is -0.110. The Balaban J connectivity index is 2.87. The summed E-state index contributed by atoms with van der Waals surface area (Å²) < 4.78 is 37.3. The molecule has 0 fully saturated rings. The maximum atomic E-state index is 12.5. The minimum atomic E-state index is -3.79. The van der Waals surface area contributed by atoms with E-state index < -0.39 is 27.6 Å². The molecule has 1 aromatic carbocycles. The summed E-state index contributed by atoms with van der Waals surface area (Å²) in [5, 5.41) is -0.819. The zero-order chi connectivity index (χ0) is 11.5. The van der Waals surface area contributed by atoms with Gasteiger partial charge in [-0.1, -0.05) is 0 Å². The molecule has 1 rings (SSSR count). The molecule has 0 saturated heterocycles. The second-order valence-corrected chi connectivity index (χ2v) is 4.82. The normalized spacial score (nSPS) is 11.3. The van der Waals surface area contributed by atoms with Crippen LogP contribution in [-0.4, -0.2) is 20.2 Å². The molecular formula is C8H7ClFNO3S. The first-order valence-electron chi connectivity index (χ1n) is 3.85. The maximum absolute atomic E-state index is 12.5. The fourth-order valence-electron chi connectivity index (χ4n) is 0.849. The first kappa shape index (κ1) is 12.1. The molecule has 0 aliphatic rings. The van der Waals surface area contributed by atoms with Crippen LogP contribution in [0.4, 0.5) is 4.39 Å². The Morgan fingerprint density at radius 3 is 2.33 bits per heavy atom. The Hall–Kier alpha value is -0.980. The molecule has 0 saturated carbocycles. The summed E-state index contributed by atoms with van der Waals surface area (Å²) in [6, 6.07) is 4.21. The van der Waals surface area contributed by atoms with Gasteiger partial charge in [0.2, 0.25) is 15.3 Å². The van der Waals surface area contributed by atoms with Crippen LogP contribution in [0.5, 0.6) is 0 Å². The number of hydrogen-bond acceptors (Lipinski definition) is 3. The van der Waals surface area contributed by atoms with Crippen LogP contribution in [0.15, 0.2) is 29.2 Å². The van der Waals surface area contributed by atoms with E-state index in [0.717, 1.165) is 24.3 Å². The topological polar surface area (TPSA) is 63.2 Å². The van der Waals surface area contributed by atoms with E-state index in [9.17, 15) is 17.6 Å². The number of carbonyl (C=O) groups excluding carboxylic acids is 1. The number of hydrogen-bond donors (Lipinski definition) is 1. The van der Waals surface area contributed by atoms with Crippen LogP contribution in [-0.2, 0) is 14.8 Å². The summed E-state index contributed by atoms with van der Waals surface area (Å²) in [4.78, 5) is 10.2. The predicted octanol–water partition coefficient (Wildman–Crippen LogP) is 0.869. The van der Waals surface area contributed by atoms with E-state index in [1.54, 1.807) is 0 Å². The van der Waals surface area contributed by atoms with Gasteiger partial charge in [0.25, 0.3) is 0 Å². The van der Waals surface area contributed by atoms with E-state index in [1.165, 1.54) is 0 Å². The minimum Gasteiger partial charge on any atom is -0.280 e. The van der Waals surface area contributed by atoms with Crippen molar-refractivity contribution in [3.05, 3.63) is 30.1 Å². The van der Waals surface area contributed by atoms with Gasteiger partial charge in [-0.2, -0.15) is 0 Å². The van der Waals surface area contributed by atoms with Crippen molar-refractivity contribution in [3.63, 3.8) is 0 Å². The Kier molecular flexibility index (Phi) is 3.78. The number of rotatable bonds is 4. The van der Waals surface area contributed by atoms with Gasteiger partial charge < -0.3 is 0 Å². The quantitative estimate of drug-likeness (QED) is 0.808. The molecule has 0 atom stereocenters. The molecule has 0 aliphatic carbocycles. The smallest absolute Gasteiger partial charge is 0.241 e. The van der Waals surface area contributed by atoms with Crippen LogP contribution in [0.1, 0.15) is 0 Å². The lowest BCUT2D eigenvalue weighted by atomic mass is 10.4. The summed E-state index contributed by atoms with van der Waals surface area (Å²) in [6.07, 6.45) is 0. The number of sulfonamides is 1. The standard InChI is InChI=1S/C8H7ClFNO3S/c9-8(12)5-11-15(13,14)7-3-1-6(10)2-4-7/h1-4,11H,5H2. The van der Waals surface area contributed by atoms with Gasteiger partial charge in [0.1, 0.15) is 5.82 Å². The highest BCUT2D eigenvalue weighted by Gasteiger charge is 2.14. The average molecular weight is 252 g/mol. The van der Waals surface area contributed by atoms with Crippen molar-refractivity contribution in [3.8, 4) is 0 Å². The molecule has 0 spiro atoms. The first-order valence-corrected chi connectivity index (χ1v) is 5.71. The fraction of sp³-hybridized carbons (Fsp3) is 0.125. The molecule has 0 bridgehead atoms. The number of benzene rings is 1. The van der Waals surface area contributed by atoms with Gasteiger partial charge in [0.05, 0.1) is 11.4 Å². The predicted molar refractivity (Wildman–Crippen MR) is 52.4 cm³/mol. The summed E-state index contributed by atoms with van der Waals surface area (Å²) in [6.45, 7) is -0.499. The van der Waals surface area contributed by atoms with Gasteiger partial charge in [-0.3, -0.25) is 4.79 Å². The van der Waals surface area contributed by atoms with Crippen LogP contribution < -0.4 is 4.72 Å². The van der Waals surface area contributed by atoms with E-state index in [1.807, 2.05) is 4.72 Å². The Labute approximate surface area is 91.1 Å². The molecule has 15 heavy (non-hydrogen) atoms. The highest BCUT2D eigenvalue weighted by atomic mass is 35.5. The molecule has 0 amide bonds. The van der Waals surface area contributed by atoms with Crippen LogP contribution in [0.25, 0.3) is 0 Å². The molecule has 7 heteroatoms. The molecule has 1 aromatic rings. The zero-order valence-corrected chi connectivity index (χ0v) is 8.98. The number of nitrogens with one attached hydrogen (secondary N) is 1. The van der Waals surface area contributed by atoms with Crippen LogP contribution in [0.2, 0.25) is 0 Å². The van der Waals surface area contributed by atoms with Gasteiger partial charge in [-0.15, -0.1) is 0 Å². The summed E-state index contributed by atoms with van der Waals surface area (Å²) >= 11 is 4.97. The second kappa shape index (κ2) is 4.69. The molecule has 0 aliphatic heterocycles. The van der Waals surface area contributed by atoms with Crippen molar-refractivity contribution in [2.24, 2.45) is 0 Å². The van der Waals surface area contributed by atoms with Crippen molar-refractivity contribution in [1.82, 2.24) is 4.72 Å². The summed E-state index contributed by atoms with van der Waals surface area (Å²) in [5.41, 5.74) is 0. The fourth-order valence-corrected chi connectivity index (χ4v) is 1.98. The van der Waals surface area contributed by atoms with Crippen molar-refractivity contribution in [2.45, 2.75) is 4.90 Å². The van der Waals surface area contributed by atoms with E-state index in [0.29, 0.717) is 0 Å². The third kappa shape index (κ3) is 3.58. The van der Waals surface area contributed by atoms with E-state index in [2.05, 4.69) is 0 Å².